The van der Waals surface area contributed by atoms with E-state index < -0.39 is 11.9 Å². The molecule has 0 fully saturated rings. The van der Waals surface area contributed by atoms with Crippen LogP contribution < -0.4 is 10.6 Å². The maximum Gasteiger partial charge on any atom is 0.356 e. The smallest absolute Gasteiger partial charge is 0.356 e. The van der Waals surface area contributed by atoms with Crippen LogP contribution in [0, 0.1) is 6.92 Å². The minimum Gasteiger partial charge on any atom is -0.472 e. The molecule has 2 aromatic carbocycles. The van der Waals surface area contributed by atoms with Gasteiger partial charge in [0, 0.05) is 18.5 Å². The number of benzene rings is 2. The molecule has 0 spiro atoms. The molecule has 0 saturated carbocycles. The number of hydrogen-bond acceptors (Lipinski definition) is 6. The maximum absolute atomic E-state index is 13.1. The fourth-order valence-electron chi connectivity index (χ4n) is 4.26. The third-order valence-electron chi connectivity index (χ3n) is 6.23. The van der Waals surface area contributed by atoms with Gasteiger partial charge in [-0.2, -0.15) is 0 Å². The van der Waals surface area contributed by atoms with Crippen LogP contribution in [0.15, 0.2) is 89.9 Å². The Bertz CT molecular complexity index is 1560. The number of nitrogens with zero attached hydrogens (tertiary/aromatic N) is 2. The number of carbonyl (C=O) groups is 2. The van der Waals surface area contributed by atoms with Gasteiger partial charge < -0.3 is 24.4 Å². The second kappa shape index (κ2) is 10.4. The second-order valence-corrected chi connectivity index (χ2v) is 8.63. The van der Waals surface area contributed by atoms with Crippen LogP contribution in [0.3, 0.4) is 0 Å². The number of rotatable bonds is 8. The Morgan fingerprint density at radius 3 is 2.57 bits per heavy atom. The van der Waals surface area contributed by atoms with E-state index in [1.54, 1.807) is 16.8 Å². The fourth-order valence-corrected chi connectivity index (χ4v) is 4.26. The van der Waals surface area contributed by atoms with Gasteiger partial charge in [0.1, 0.15) is 11.9 Å². The zero-order valence-electron chi connectivity index (χ0n) is 20.5. The number of carbonyl (C=O) groups excluding carboxylic acids is 2. The average molecular weight is 495 g/mol. The number of methoxy groups -OCH3 is 1. The van der Waals surface area contributed by atoms with E-state index in [1.165, 1.54) is 25.2 Å². The molecule has 0 atom stereocenters. The maximum atomic E-state index is 13.1. The molecular formula is C29H26N4O4. The van der Waals surface area contributed by atoms with Crippen molar-refractivity contribution < 1.29 is 18.7 Å². The Morgan fingerprint density at radius 1 is 1.05 bits per heavy atom. The zero-order valence-corrected chi connectivity index (χ0v) is 20.5. The summed E-state index contributed by atoms with van der Waals surface area (Å²) in [5.74, 6) is -0.984. The van der Waals surface area contributed by atoms with Crippen molar-refractivity contribution in [3.8, 4) is 0 Å². The summed E-state index contributed by atoms with van der Waals surface area (Å²) >= 11 is 0. The molecule has 37 heavy (non-hydrogen) atoms. The number of hydrogen-bond donors (Lipinski definition) is 2. The number of furan rings is 1. The Morgan fingerprint density at radius 2 is 1.84 bits per heavy atom. The van der Waals surface area contributed by atoms with Crippen molar-refractivity contribution in [1.29, 1.82) is 0 Å². The molecule has 0 aliphatic rings. The first kappa shape index (κ1) is 23.9. The Hall–Kier alpha value is -4.85. The van der Waals surface area contributed by atoms with Crippen molar-refractivity contribution in [2.24, 2.45) is 0 Å². The number of anilines is 2. The molecule has 0 saturated heterocycles. The first-order valence-corrected chi connectivity index (χ1v) is 11.8. The van der Waals surface area contributed by atoms with E-state index in [0.717, 1.165) is 16.8 Å². The van der Waals surface area contributed by atoms with Gasteiger partial charge in [0.25, 0.3) is 5.91 Å². The summed E-state index contributed by atoms with van der Waals surface area (Å²) in [6.45, 7) is 3.03. The number of ether oxygens (including phenoxy) is 1. The van der Waals surface area contributed by atoms with Crippen LogP contribution in [0.1, 0.15) is 37.5 Å². The molecule has 186 valence electrons. The van der Waals surface area contributed by atoms with E-state index in [1.807, 2.05) is 48.5 Å². The van der Waals surface area contributed by atoms with Gasteiger partial charge in [0.05, 0.1) is 36.5 Å². The van der Waals surface area contributed by atoms with Crippen molar-refractivity contribution >= 4 is 34.3 Å². The van der Waals surface area contributed by atoms with Crippen molar-refractivity contribution in [3.05, 3.63) is 113 Å². The second-order valence-electron chi connectivity index (χ2n) is 8.63. The van der Waals surface area contributed by atoms with Crippen molar-refractivity contribution in [3.63, 3.8) is 0 Å². The molecule has 1 amide bonds. The molecule has 2 N–H and O–H groups in total. The van der Waals surface area contributed by atoms with Crippen LogP contribution in [0.4, 0.5) is 11.4 Å². The molecule has 0 bridgehead atoms. The number of fused-ring (bicyclic) bond motifs is 1. The summed E-state index contributed by atoms with van der Waals surface area (Å²) in [6, 6.07) is 21.3. The van der Waals surface area contributed by atoms with E-state index in [4.69, 9.17) is 14.1 Å². The molecular weight excluding hydrogens is 468 g/mol. The van der Waals surface area contributed by atoms with Crippen molar-refractivity contribution in [1.82, 2.24) is 9.55 Å². The molecule has 0 aliphatic carbocycles. The summed E-state index contributed by atoms with van der Waals surface area (Å²) in [4.78, 5) is 30.8. The van der Waals surface area contributed by atoms with E-state index in [9.17, 15) is 9.59 Å². The van der Waals surface area contributed by atoms with Crippen LogP contribution in [0.25, 0.3) is 11.0 Å². The highest BCUT2D eigenvalue weighted by Gasteiger charge is 2.27. The van der Waals surface area contributed by atoms with Gasteiger partial charge in [0.15, 0.2) is 5.69 Å². The van der Waals surface area contributed by atoms with Crippen LogP contribution in [-0.4, -0.2) is 28.5 Å². The zero-order chi connectivity index (χ0) is 25.8. The van der Waals surface area contributed by atoms with Gasteiger partial charge in [-0.05, 0) is 35.7 Å². The van der Waals surface area contributed by atoms with Gasteiger partial charge in [-0.15, -0.1) is 0 Å². The minimum absolute atomic E-state index is 0.210. The highest BCUT2D eigenvalue weighted by atomic mass is 16.5. The van der Waals surface area contributed by atoms with E-state index >= 15 is 0 Å². The van der Waals surface area contributed by atoms with E-state index in [-0.39, 0.29) is 5.69 Å². The summed E-state index contributed by atoms with van der Waals surface area (Å²) in [6.07, 6.45) is 4.50. The lowest BCUT2D eigenvalue weighted by atomic mass is 10.1. The highest BCUT2D eigenvalue weighted by Crippen LogP contribution is 2.34. The van der Waals surface area contributed by atoms with Crippen molar-refractivity contribution in [2.45, 2.75) is 20.0 Å². The summed E-state index contributed by atoms with van der Waals surface area (Å²) < 4.78 is 12.0. The molecule has 5 rings (SSSR count). The normalized spacial score (nSPS) is 10.9. The lowest BCUT2D eigenvalue weighted by Gasteiger charge is -2.11. The average Bonchev–Trinajstić information content (AvgIpc) is 3.56. The third kappa shape index (κ3) is 4.95. The third-order valence-corrected chi connectivity index (χ3v) is 6.23. The minimum atomic E-state index is -0.578. The van der Waals surface area contributed by atoms with Gasteiger partial charge in [-0.25, -0.2) is 9.78 Å². The Balaban J connectivity index is 1.61. The lowest BCUT2D eigenvalue weighted by molar-refractivity contribution is 0.0591. The molecule has 3 heterocycles. The van der Waals surface area contributed by atoms with E-state index in [0.29, 0.717) is 35.4 Å². The fraction of sp³-hybridized carbons (Fsp3) is 0.138. The largest absolute Gasteiger partial charge is 0.472 e. The predicted molar refractivity (Wildman–Crippen MR) is 142 cm³/mol. The monoisotopic (exact) mass is 494 g/mol. The van der Waals surface area contributed by atoms with Gasteiger partial charge in [0.2, 0.25) is 0 Å². The summed E-state index contributed by atoms with van der Waals surface area (Å²) in [5.41, 5.74) is 5.49. The van der Waals surface area contributed by atoms with Gasteiger partial charge in [-0.1, -0.05) is 54.6 Å². The molecule has 0 unspecified atom stereocenters. The molecule has 8 nitrogen and oxygen atoms in total. The topological polar surface area (TPSA) is 98.4 Å². The number of esters is 1. The number of nitrogens with one attached hydrogen (secondary N) is 2. The first-order valence-electron chi connectivity index (χ1n) is 11.8. The van der Waals surface area contributed by atoms with Crippen LogP contribution in [0.2, 0.25) is 0 Å². The van der Waals surface area contributed by atoms with Crippen molar-refractivity contribution in [2.75, 3.05) is 17.7 Å². The molecule has 5 aromatic rings. The summed E-state index contributed by atoms with van der Waals surface area (Å²) in [7, 11) is 1.32. The van der Waals surface area contributed by atoms with Crippen LogP contribution in [-0.2, 0) is 17.8 Å². The number of aromatic nitrogens is 2. The molecule has 3 aromatic heterocycles. The van der Waals surface area contributed by atoms with Gasteiger partial charge >= 0.3 is 5.97 Å². The predicted octanol–water partition coefficient (Wildman–Crippen LogP) is 5.64. The van der Waals surface area contributed by atoms with Gasteiger partial charge in [-0.3, -0.25) is 4.79 Å². The molecule has 0 aliphatic heterocycles. The Labute approximate surface area is 213 Å². The quantitative estimate of drug-likeness (QED) is 0.271. The number of pyridine rings is 1. The SMILES string of the molecule is COC(=O)c1c(NC(=O)c2ccoc2)c2cc(NCc3ccccc3C)cnc2n1Cc1ccccc1. The van der Waals surface area contributed by atoms with E-state index in [2.05, 4.69) is 29.7 Å². The molecule has 0 radical (unpaired) electrons. The van der Waals surface area contributed by atoms with Crippen LogP contribution >= 0.6 is 0 Å². The Kier molecular flexibility index (Phi) is 6.72. The first-order chi connectivity index (χ1) is 18.0. The number of aryl methyl sites for hydroxylation is 1. The molecule has 8 heteroatoms. The lowest BCUT2D eigenvalue weighted by Crippen LogP contribution is -2.17. The summed E-state index contributed by atoms with van der Waals surface area (Å²) in [5, 5.41) is 6.92. The highest BCUT2D eigenvalue weighted by molar-refractivity contribution is 6.14. The van der Waals surface area contributed by atoms with Crippen LogP contribution in [0.5, 0.6) is 0 Å². The number of amides is 1. The standard InChI is InChI=1S/C29H26N4O4/c1-19-8-6-7-11-21(19)15-30-23-14-24-25(32-28(34)22-12-13-37-18-22)26(29(35)36-2)33(27(24)31-16-23)17-20-9-4-3-5-10-20/h3-14,16,18,30H,15,17H2,1-2H3,(H,32,34).